The minimum atomic E-state index is -3.02. The van der Waals surface area contributed by atoms with E-state index in [1.165, 1.54) is 12.1 Å². The van der Waals surface area contributed by atoms with Crippen LogP contribution in [0.2, 0.25) is 0 Å². The third-order valence-corrected chi connectivity index (χ3v) is 3.46. The van der Waals surface area contributed by atoms with E-state index in [9.17, 15) is 4.79 Å². The number of piperidine rings is 1. The van der Waals surface area contributed by atoms with Gasteiger partial charge in [0.05, 0.1) is 0 Å². The fraction of sp³-hybridized carbons (Fsp3) is 0.533. The van der Waals surface area contributed by atoms with Crippen LogP contribution in [0.3, 0.4) is 0 Å². The van der Waals surface area contributed by atoms with Gasteiger partial charge in [-0.15, -0.1) is 0 Å². The van der Waals surface area contributed by atoms with Crippen LogP contribution in [0, 0.1) is 0 Å². The molecule has 0 unspecified atom stereocenters. The number of rotatable bonds is 2. The fourth-order valence-electron chi connectivity index (χ4n) is 2.46. The quantitative estimate of drug-likeness (QED) is 0.875. The van der Waals surface area contributed by atoms with Gasteiger partial charge in [-0.05, 0) is 49.9 Å². The summed E-state index contributed by atoms with van der Waals surface area (Å²) in [5.74, 6) is -0.632. The Morgan fingerprint density at radius 3 is 2.72 bits per heavy atom. The van der Waals surface area contributed by atoms with Crippen LogP contribution in [0.1, 0.15) is 49.8 Å². The highest BCUT2D eigenvalue weighted by atomic mass is 16.2. The number of nitrogens with zero attached hydrogens (tertiary/aromatic N) is 1. The average molecular weight is 252 g/mol. The van der Waals surface area contributed by atoms with Gasteiger partial charge in [0.15, 0.2) is 0 Å². The lowest BCUT2D eigenvalue weighted by Crippen LogP contribution is -2.34. The van der Waals surface area contributed by atoms with Crippen molar-refractivity contribution in [1.82, 2.24) is 10.2 Å². The molecule has 1 N–H and O–H groups in total. The number of benzene rings is 1. The lowest BCUT2D eigenvalue weighted by molar-refractivity contribution is 0.0827. The van der Waals surface area contributed by atoms with Crippen molar-refractivity contribution in [2.24, 2.45) is 0 Å². The van der Waals surface area contributed by atoms with E-state index >= 15 is 0 Å². The van der Waals surface area contributed by atoms with Crippen molar-refractivity contribution in [2.45, 2.75) is 31.7 Å². The van der Waals surface area contributed by atoms with Gasteiger partial charge < -0.3 is 10.2 Å². The van der Waals surface area contributed by atoms with Crippen LogP contribution < -0.4 is 5.32 Å². The zero-order chi connectivity index (χ0) is 18.1. The van der Waals surface area contributed by atoms with E-state index in [1.54, 1.807) is 12.1 Å². The highest BCUT2D eigenvalue weighted by Crippen LogP contribution is 2.27. The maximum atomic E-state index is 12.4. The Hall–Kier alpha value is -1.35. The van der Waals surface area contributed by atoms with Gasteiger partial charge in [0.2, 0.25) is 0 Å². The Morgan fingerprint density at radius 1 is 1.39 bits per heavy atom. The third kappa shape index (κ3) is 2.91. The van der Waals surface area contributed by atoms with Gasteiger partial charge in [0.1, 0.15) is 0 Å². The summed E-state index contributed by atoms with van der Waals surface area (Å²) in [4.78, 5) is 12.4. The van der Waals surface area contributed by atoms with E-state index in [4.69, 9.17) is 8.22 Å². The largest absolute Gasteiger partial charge is 0.345 e. The van der Waals surface area contributed by atoms with E-state index in [2.05, 4.69) is 12.2 Å². The first kappa shape index (κ1) is 7.29. The van der Waals surface area contributed by atoms with Gasteiger partial charge in [-0.25, -0.2) is 0 Å². The first-order valence-electron chi connectivity index (χ1n) is 9.18. The van der Waals surface area contributed by atoms with Crippen LogP contribution >= 0.6 is 0 Å². The smallest absolute Gasteiger partial charge is 0.253 e. The van der Waals surface area contributed by atoms with Crippen molar-refractivity contribution in [1.29, 1.82) is 0 Å². The molecule has 0 bridgehead atoms. The van der Waals surface area contributed by atoms with E-state index in [0.717, 1.165) is 24.9 Å². The molecule has 1 amide bonds. The van der Waals surface area contributed by atoms with Gasteiger partial charge in [-0.3, -0.25) is 4.79 Å². The van der Waals surface area contributed by atoms with Crippen LogP contribution in [0.5, 0.6) is 0 Å². The normalized spacial score (nSPS) is 30.1. The Kier molecular flexibility index (Phi) is 2.24. The minimum absolute atomic E-state index is 0.0123. The molecule has 1 aliphatic rings. The summed E-state index contributed by atoms with van der Waals surface area (Å²) in [6.07, 6.45) is 1.98. The topological polar surface area (TPSA) is 32.3 Å². The number of amides is 1. The Labute approximate surface area is 118 Å². The number of nitrogens with one attached hydrogen (secondary N) is 1. The molecule has 1 aromatic carbocycles. The molecule has 98 valence electrons. The van der Waals surface area contributed by atoms with Gasteiger partial charge in [0.25, 0.3) is 5.91 Å². The number of hydrogen-bond acceptors (Lipinski definition) is 2. The van der Waals surface area contributed by atoms with Crippen LogP contribution in [0.4, 0.5) is 0 Å². The SMILES string of the molecule is [2H]C([2H])([2H])N(C(=O)c1ccc([C@H]2CCN[C@H](C)C2)cc1)C([2H])([2H])[2H]. The molecular formula is C15H22N2O. The summed E-state index contributed by atoms with van der Waals surface area (Å²) >= 11 is 0. The Balaban J connectivity index is 2.21. The molecule has 1 heterocycles. The molecule has 1 aliphatic heterocycles. The van der Waals surface area contributed by atoms with E-state index in [1.807, 2.05) is 0 Å². The minimum Gasteiger partial charge on any atom is -0.345 e. The first-order chi connectivity index (χ1) is 11.0. The maximum absolute atomic E-state index is 12.4. The molecule has 0 saturated carbocycles. The Bertz CT molecular complexity index is 567. The Morgan fingerprint density at radius 2 is 2.11 bits per heavy atom. The second-order valence-corrected chi connectivity index (χ2v) is 4.84. The third-order valence-electron chi connectivity index (χ3n) is 3.46. The van der Waals surface area contributed by atoms with Crippen molar-refractivity contribution < 1.29 is 13.0 Å². The predicted octanol–water partition coefficient (Wildman–Crippen LogP) is 2.24. The van der Waals surface area contributed by atoms with Crippen LogP contribution in [-0.4, -0.2) is 37.3 Å². The molecule has 1 fully saturated rings. The summed E-state index contributed by atoms with van der Waals surface area (Å²) in [6, 6.07) is 7.01. The molecule has 3 heteroatoms. The summed E-state index contributed by atoms with van der Waals surface area (Å²) < 4.78 is 43.9. The summed E-state index contributed by atoms with van der Waals surface area (Å²) in [5, 5.41) is 3.37. The lowest BCUT2D eigenvalue weighted by atomic mass is 9.86. The first-order valence-corrected chi connectivity index (χ1v) is 6.18. The summed E-state index contributed by atoms with van der Waals surface area (Å²) in [7, 11) is 0. The molecule has 18 heavy (non-hydrogen) atoms. The summed E-state index contributed by atoms with van der Waals surface area (Å²) in [6.45, 7) is -3.00. The molecule has 2 rings (SSSR count). The fourth-order valence-corrected chi connectivity index (χ4v) is 2.46. The average Bonchev–Trinajstić information content (AvgIpc) is 2.44. The molecule has 1 aromatic rings. The van der Waals surface area contributed by atoms with E-state index in [-0.39, 0.29) is 10.5 Å². The molecule has 0 radical (unpaired) electrons. The summed E-state index contributed by atoms with van der Waals surface area (Å²) in [5.41, 5.74) is 1.14. The second-order valence-electron chi connectivity index (χ2n) is 4.84. The molecule has 0 aliphatic carbocycles. The van der Waals surface area contributed by atoms with Crippen molar-refractivity contribution in [3.05, 3.63) is 35.4 Å². The molecule has 3 nitrogen and oxygen atoms in total. The van der Waals surface area contributed by atoms with Crippen molar-refractivity contribution in [3.63, 3.8) is 0 Å². The van der Waals surface area contributed by atoms with Crippen LogP contribution in [-0.2, 0) is 0 Å². The molecular weight excluding hydrogens is 224 g/mol. The standard InChI is InChI=1S/C15H22N2O/c1-11-10-14(8-9-16-11)12-4-6-13(7-5-12)15(18)17(2)3/h4-7,11,14,16H,8-10H2,1-3H3/t11-,14+/m1/s1/i2D3,3D3. The molecule has 2 atom stereocenters. The molecule has 0 spiro atoms. The van der Waals surface area contributed by atoms with Gasteiger partial charge in [0, 0.05) is 33.8 Å². The van der Waals surface area contributed by atoms with Crippen molar-refractivity contribution >= 4 is 5.91 Å². The highest BCUT2D eigenvalue weighted by Gasteiger charge is 2.20. The zero-order valence-corrected chi connectivity index (χ0v) is 10.4. The van der Waals surface area contributed by atoms with Gasteiger partial charge in [-0.2, -0.15) is 0 Å². The highest BCUT2D eigenvalue weighted by molar-refractivity contribution is 5.93. The van der Waals surface area contributed by atoms with Crippen molar-refractivity contribution in [3.8, 4) is 0 Å². The number of carbonyl (C=O) groups excluding carboxylic acids is 1. The number of hydrogen-bond donors (Lipinski definition) is 1. The van der Waals surface area contributed by atoms with Gasteiger partial charge >= 0.3 is 0 Å². The molecule has 1 saturated heterocycles. The van der Waals surface area contributed by atoms with Crippen molar-refractivity contribution in [2.75, 3.05) is 20.5 Å². The monoisotopic (exact) mass is 252 g/mol. The lowest BCUT2D eigenvalue weighted by Gasteiger charge is -2.28. The number of carbonyl (C=O) groups is 1. The van der Waals surface area contributed by atoms with Crippen LogP contribution in [0.15, 0.2) is 24.3 Å². The molecule has 0 aromatic heterocycles. The van der Waals surface area contributed by atoms with E-state index < -0.39 is 19.9 Å². The second kappa shape index (κ2) is 5.53. The van der Waals surface area contributed by atoms with E-state index in [0.29, 0.717) is 12.0 Å². The van der Waals surface area contributed by atoms with Crippen LogP contribution in [0.25, 0.3) is 0 Å². The van der Waals surface area contributed by atoms with Gasteiger partial charge in [-0.1, -0.05) is 12.1 Å². The predicted molar refractivity (Wildman–Crippen MR) is 73.9 cm³/mol. The maximum Gasteiger partial charge on any atom is 0.253 e. The zero-order valence-electron chi connectivity index (χ0n) is 16.4.